The zero-order chi connectivity index (χ0) is 12.2. The largest absolute Gasteiger partial charge is 0.390 e. The van der Waals surface area contributed by atoms with E-state index >= 15 is 0 Å². The Bertz CT molecular complexity index is 342. The molecule has 1 aromatic carbocycles. The van der Waals surface area contributed by atoms with Gasteiger partial charge in [-0.25, -0.2) is 0 Å². The van der Waals surface area contributed by atoms with E-state index < -0.39 is 5.60 Å². The highest BCUT2D eigenvalue weighted by Crippen LogP contribution is 2.25. The molecule has 2 nitrogen and oxygen atoms in total. The summed E-state index contributed by atoms with van der Waals surface area (Å²) < 4.78 is 0. The number of rotatable bonds is 5. The van der Waals surface area contributed by atoms with Crippen molar-refractivity contribution >= 4 is 24.0 Å². The maximum atomic E-state index is 10.4. The molecule has 1 rings (SSSR count). The summed E-state index contributed by atoms with van der Waals surface area (Å²) in [6, 6.07) is 7.66. The van der Waals surface area contributed by atoms with E-state index in [4.69, 9.17) is 11.6 Å². The van der Waals surface area contributed by atoms with Gasteiger partial charge < -0.3 is 10.4 Å². The second kappa shape index (κ2) is 7.22. The molecule has 2 N–H and O–H groups in total. The van der Waals surface area contributed by atoms with E-state index in [1.165, 1.54) is 0 Å². The van der Waals surface area contributed by atoms with Crippen LogP contribution in [-0.4, -0.2) is 24.3 Å². The van der Waals surface area contributed by atoms with Crippen LogP contribution in [0.4, 0.5) is 0 Å². The van der Waals surface area contributed by atoms with Gasteiger partial charge in [0.25, 0.3) is 0 Å². The van der Waals surface area contributed by atoms with Crippen LogP contribution >= 0.6 is 24.0 Å². The third kappa shape index (κ3) is 4.84. The van der Waals surface area contributed by atoms with Gasteiger partial charge in [0.05, 0.1) is 5.60 Å². The number of halogens is 2. The molecule has 2 unspecified atom stereocenters. The van der Waals surface area contributed by atoms with Crippen LogP contribution in [0.5, 0.6) is 0 Å². The predicted octanol–water partition coefficient (Wildman–Crippen LogP) is 2.91. The van der Waals surface area contributed by atoms with Crippen LogP contribution in [0.25, 0.3) is 0 Å². The lowest BCUT2D eigenvalue weighted by Crippen LogP contribution is -2.40. The SMILES string of the molecule is CNCC(C)C(C)(O)Cc1ccccc1Cl.Cl. The van der Waals surface area contributed by atoms with Crippen molar-refractivity contribution in [3.8, 4) is 0 Å². The molecular formula is C13H21Cl2NO. The molecule has 0 aliphatic carbocycles. The first-order valence-corrected chi connectivity index (χ1v) is 5.95. The molecule has 1 aromatic rings. The molecule has 0 spiro atoms. The van der Waals surface area contributed by atoms with Gasteiger partial charge in [0.15, 0.2) is 0 Å². The average molecular weight is 278 g/mol. The first-order chi connectivity index (χ1) is 7.47. The van der Waals surface area contributed by atoms with Crippen LogP contribution in [-0.2, 0) is 6.42 Å². The number of benzene rings is 1. The van der Waals surface area contributed by atoms with Gasteiger partial charge in [-0.1, -0.05) is 36.7 Å². The molecule has 17 heavy (non-hydrogen) atoms. The molecule has 0 bridgehead atoms. The monoisotopic (exact) mass is 277 g/mol. The normalized spacial score (nSPS) is 15.8. The molecule has 0 saturated heterocycles. The summed E-state index contributed by atoms with van der Waals surface area (Å²) in [5.74, 6) is 0.175. The van der Waals surface area contributed by atoms with Gasteiger partial charge in [-0.05, 0) is 31.5 Å². The first-order valence-electron chi connectivity index (χ1n) is 5.57. The van der Waals surface area contributed by atoms with Gasteiger partial charge >= 0.3 is 0 Å². The highest BCUT2D eigenvalue weighted by molar-refractivity contribution is 6.31. The Balaban J connectivity index is 0.00000256. The smallest absolute Gasteiger partial charge is 0.0697 e. The van der Waals surface area contributed by atoms with Gasteiger partial charge in [0.2, 0.25) is 0 Å². The zero-order valence-corrected chi connectivity index (χ0v) is 12.1. The lowest BCUT2D eigenvalue weighted by atomic mass is 9.85. The molecule has 0 amide bonds. The Morgan fingerprint density at radius 2 is 2.00 bits per heavy atom. The summed E-state index contributed by atoms with van der Waals surface area (Å²) in [6.07, 6.45) is 0.579. The molecular weight excluding hydrogens is 257 g/mol. The molecule has 0 aliphatic rings. The van der Waals surface area contributed by atoms with Gasteiger partial charge in [-0.2, -0.15) is 0 Å². The van der Waals surface area contributed by atoms with Crippen molar-refractivity contribution in [2.45, 2.75) is 25.9 Å². The van der Waals surface area contributed by atoms with Gasteiger partial charge in [-0.15, -0.1) is 12.4 Å². The van der Waals surface area contributed by atoms with Crippen molar-refractivity contribution in [2.24, 2.45) is 5.92 Å². The fourth-order valence-electron chi connectivity index (χ4n) is 1.73. The molecule has 98 valence electrons. The summed E-state index contributed by atoms with van der Waals surface area (Å²) in [7, 11) is 1.89. The van der Waals surface area contributed by atoms with Crippen molar-refractivity contribution in [2.75, 3.05) is 13.6 Å². The highest BCUT2D eigenvalue weighted by Gasteiger charge is 2.28. The second-order valence-corrected chi connectivity index (χ2v) is 4.99. The predicted molar refractivity (Wildman–Crippen MR) is 76.1 cm³/mol. The summed E-state index contributed by atoms with van der Waals surface area (Å²) in [6.45, 7) is 4.68. The average Bonchev–Trinajstić information content (AvgIpc) is 2.21. The third-order valence-corrected chi connectivity index (χ3v) is 3.45. The number of aliphatic hydroxyl groups is 1. The van der Waals surface area contributed by atoms with E-state index in [1.54, 1.807) is 0 Å². The summed E-state index contributed by atoms with van der Waals surface area (Å²) >= 11 is 6.09. The Labute approximate surface area is 115 Å². The zero-order valence-electron chi connectivity index (χ0n) is 10.5. The molecule has 0 aromatic heterocycles. The van der Waals surface area contributed by atoms with Crippen molar-refractivity contribution in [1.29, 1.82) is 0 Å². The molecule has 0 saturated carbocycles. The molecule has 2 atom stereocenters. The minimum absolute atomic E-state index is 0. The fourth-order valence-corrected chi connectivity index (χ4v) is 1.93. The Morgan fingerprint density at radius 3 is 2.53 bits per heavy atom. The summed E-state index contributed by atoms with van der Waals surface area (Å²) in [4.78, 5) is 0. The maximum absolute atomic E-state index is 10.4. The molecule has 0 fully saturated rings. The Kier molecular flexibility index (Phi) is 7.10. The van der Waals surface area contributed by atoms with Crippen molar-refractivity contribution in [3.05, 3.63) is 34.9 Å². The quantitative estimate of drug-likeness (QED) is 0.868. The lowest BCUT2D eigenvalue weighted by molar-refractivity contribution is 0.00764. The van der Waals surface area contributed by atoms with Crippen molar-refractivity contribution in [1.82, 2.24) is 5.32 Å². The first kappa shape index (κ1) is 16.7. The van der Waals surface area contributed by atoms with Crippen LogP contribution in [0.1, 0.15) is 19.4 Å². The Hall–Kier alpha value is -0.280. The minimum Gasteiger partial charge on any atom is -0.390 e. The van der Waals surface area contributed by atoms with E-state index in [0.29, 0.717) is 6.42 Å². The van der Waals surface area contributed by atoms with Crippen molar-refractivity contribution in [3.63, 3.8) is 0 Å². The Morgan fingerprint density at radius 1 is 1.41 bits per heavy atom. The standard InChI is InChI=1S/C13H20ClNO.ClH/c1-10(9-15-3)13(2,16)8-11-6-4-5-7-12(11)14;/h4-7,10,15-16H,8-9H2,1-3H3;1H. The number of nitrogens with one attached hydrogen (secondary N) is 1. The van der Waals surface area contributed by atoms with Crippen LogP contribution < -0.4 is 5.32 Å². The highest BCUT2D eigenvalue weighted by atomic mass is 35.5. The second-order valence-electron chi connectivity index (χ2n) is 4.58. The van der Waals surface area contributed by atoms with Crippen molar-refractivity contribution < 1.29 is 5.11 Å². The fraction of sp³-hybridized carbons (Fsp3) is 0.538. The van der Waals surface area contributed by atoms with E-state index in [0.717, 1.165) is 17.1 Å². The number of hydrogen-bond donors (Lipinski definition) is 2. The molecule has 0 radical (unpaired) electrons. The van der Waals surface area contributed by atoms with Crippen LogP contribution in [0, 0.1) is 5.92 Å². The molecule has 0 aliphatic heterocycles. The minimum atomic E-state index is -0.742. The molecule has 0 heterocycles. The summed E-state index contributed by atoms with van der Waals surface area (Å²) in [5.41, 5.74) is 0.255. The third-order valence-electron chi connectivity index (χ3n) is 3.08. The van der Waals surface area contributed by atoms with Crippen LogP contribution in [0.3, 0.4) is 0 Å². The van der Waals surface area contributed by atoms with E-state index in [1.807, 2.05) is 45.2 Å². The van der Waals surface area contributed by atoms with Crippen LogP contribution in [0.15, 0.2) is 24.3 Å². The molecule has 4 heteroatoms. The van der Waals surface area contributed by atoms with E-state index in [9.17, 15) is 5.11 Å². The van der Waals surface area contributed by atoms with Gasteiger partial charge in [0.1, 0.15) is 0 Å². The van der Waals surface area contributed by atoms with Gasteiger partial charge in [-0.3, -0.25) is 0 Å². The topological polar surface area (TPSA) is 32.3 Å². The number of hydrogen-bond acceptors (Lipinski definition) is 2. The van der Waals surface area contributed by atoms with E-state index in [-0.39, 0.29) is 18.3 Å². The van der Waals surface area contributed by atoms with Crippen LogP contribution in [0.2, 0.25) is 5.02 Å². The van der Waals surface area contributed by atoms with E-state index in [2.05, 4.69) is 5.32 Å². The summed E-state index contributed by atoms with van der Waals surface area (Å²) in [5, 5.41) is 14.2. The van der Waals surface area contributed by atoms with Gasteiger partial charge in [0, 0.05) is 18.0 Å². The lowest BCUT2D eigenvalue weighted by Gasteiger charge is -2.30. The maximum Gasteiger partial charge on any atom is 0.0697 e.